The first-order valence-electron chi connectivity index (χ1n) is 13.4. The van der Waals surface area contributed by atoms with Crippen LogP contribution in [0, 0.1) is 0 Å². The Bertz CT molecular complexity index is 1170. The van der Waals surface area contributed by atoms with E-state index in [-0.39, 0.29) is 11.6 Å². The first-order valence-corrected chi connectivity index (χ1v) is 15.0. The molecule has 0 fully saturated rings. The molecular weight excluding hydrogens is 512 g/mol. The van der Waals surface area contributed by atoms with Crippen LogP contribution in [-0.4, -0.2) is 32.0 Å². The Labute approximate surface area is 232 Å². The van der Waals surface area contributed by atoms with Crippen molar-refractivity contribution in [2.24, 2.45) is 0 Å². The fourth-order valence-electron chi connectivity index (χ4n) is 4.26. The van der Waals surface area contributed by atoms with Gasteiger partial charge in [0.15, 0.2) is 0 Å². The van der Waals surface area contributed by atoms with Crippen molar-refractivity contribution in [1.29, 1.82) is 0 Å². The quantitative estimate of drug-likeness (QED) is 0.146. The Hall–Kier alpha value is -3.10. The van der Waals surface area contributed by atoms with E-state index in [0.717, 1.165) is 71.4 Å². The second-order valence-corrected chi connectivity index (χ2v) is 11.8. The normalized spacial score (nSPS) is 11.1. The van der Waals surface area contributed by atoms with Crippen LogP contribution in [0.15, 0.2) is 60.7 Å². The van der Waals surface area contributed by atoms with Gasteiger partial charge in [0.1, 0.15) is 31.6 Å². The lowest BCUT2D eigenvalue weighted by molar-refractivity contribution is -0.119. The number of carbonyl (C=O) groups is 2. The predicted octanol–water partition coefficient (Wildman–Crippen LogP) is 6.22. The van der Waals surface area contributed by atoms with Crippen LogP contribution in [0.2, 0.25) is 0 Å². The summed E-state index contributed by atoms with van der Waals surface area (Å²) in [5.41, 5.74) is 2.54. The highest BCUT2D eigenvalue weighted by Crippen LogP contribution is 2.18. The van der Waals surface area contributed by atoms with E-state index in [4.69, 9.17) is 0 Å². The lowest BCUT2D eigenvalue weighted by atomic mass is 10.1. The maximum atomic E-state index is 12.3. The Morgan fingerprint density at radius 1 is 0.500 bits per heavy atom. The molecule has 2 heterocycles. The van der Waals surface area contributed by atoms with Crippen LogP contribution in [0.25, 0.3) is 0 Å². The molecule has 6 nitrogen and oxygen atoms in total. The average molecular weight is 547 g/mol. The molecule has 38 heavy (non-hydrogen) atoms. The molecule has 0 atom stereocenters. The predicted molar refractivity (Wildman–Crippen MR) is 153 cm³/mol. The number of aromatic nitrogens is 4. The summed E-state index contributed by atoms with van der Waals surface area (Å²) in [5, 5.41) is 20.6. The number of ketones is 2. The lowest BCUT2D eigenvalue weighted by Gasteiger charge is -2.00. The molecule has 0 radical (unpaired) electrons. The van der Waals surface area contributed by atoms with E-state index in [9.17, 15) is 9.59 Å². The molecule has 0 spiro atoms. The van der Waals surface area contributed by atoms with E-state index in [0.29, 0.717) is 25.7 Å². The van der Waals surface area contributed by atoms with Crippen LogP contribution in [0.3, 0.4) is 0 Å². The van der Waals surface area contributed by atoms with Gasteiger partial charge in [0.05, 0.1) is 12.8 Å². The van der Waals surface area contributed by atoms with E-state index < -0.39 is 0 Å². The minimum Gasteiger partial charge on any atom is -0.299 e. The maximum Gasteiger partial charge on any atom is 0.139 e. The number of nitrogens with zero attached hydrogens (tertiary/aromatic N) is 4. The van der Waals surface area contributed by atoms with Gasteiger partial charge >= 0.3 is 0 Å². The SMILES string of the molecule is O=C(CCCc1ccccc1)Cc1nnc(CCCCc2nnc(CC(=O)CCCc3ccccc3)s2)s1. The highest BCUT2D eigenvalue weighted by Gasteiger charge is 2.12. The molecule has 0 unspecified atom stereocenters. The van der Waals surface area contributed by atoms with Crippen molar-refractivity contribution in [2.45, 2.75) is 77.0 Å². The standard InChI is InChI=1S/C30H34N4O2S2/c35-25(17-9-15-23-11-3-1-4-12-23)21-29-33-31-27(37-29)19-7-8-20-28-32-34-30(38-28)22-26(36)18-10-16-24-13-5-2-6-14-24/h1-6,11-14H,7-10,15-22H2. The van der Waals surface area contributed by atoms with Gasteiger partial charge in [-0.3, -0.25) is 9.59 Å². The van der Waals surface area contributed by atoms with Crippen LogP contribution in [0.1, 0.15) is 69.7 Å². The third-order valence-corrected chi connectivity index (χ3v) is 8.24. The molecule has 0 saturated heterocycles. The number of hydrogen-bond acceptors (Lipinski definition) is 8. The summed E-state index contributed by atoms with van der Waals surface area (Å²) in [6.45, 7) is 0. The molecule has 0 bridgehead atoms. The smallest absolute Gasteiger partial charge is 0.139 e. The molecule has 4 aromatic rings. The van der Waals surface area contributed by atoms with Crippen molar-refractivity contribution < 1.29 is 9.59 Å². The summed E-state index contributed by atoms with van der Waals surface area (Å²) in [7, 11) is 0. The van der Waals surface area contributed by atoms with Crippen molar-refractivity contribution in [3.05, 3.63) is 91.8 Å². The zero-order valence-electron chi connectivity index (χ0n) is 21.7. The molecular formula is C30H34N4O2S2. The summed E-state index contributed by atoms with van der Waals surface area (Å²) in [6.07, 6.45) is 9.16. The van der Waals surface area contributed by atoms with Gasteiger partial charge in [0, 0.05) is 25.7 Å². The third-order valence-electron chi connectivity index (χ3n) is 6.27. The van der Waals surface area contributed by atoms with Gasteiger partial charge < -0.3 is 0 Å². The van der Waals surface area contributed by atoms with Crippen LogP contribution in [0.5, 0.6) is 0 Å². The van der Waals surface area contributed by atoms with Crippen LogP contribution < -0.4 is 0 Å². The van der Waals surface area contributed by atoms with Crippen molar-refractivity contribution >= 4 is 34.2 Å². The summed E-state index contributed by atoms with van der Waals surface area (Å²) >= 11 is 3.09. The van der Waals surface area contributed by atoms with Crippen molar-refractivity contribution in [3.63, 3.8) is 0 Å². The molecule has 0 saturated carbocycles. The van der Waals surface area contributed by atoms with E-state index in [2.05, 4.69) is 44.7 Å². The van der Waals surface area contributed by atoms with Gasteiger partial charge in [-0.05, 0) is 49.7 Å². The highest BCUT2D eigenvalue weighted by atomic mass is 32.1. The van der Waals surface area contributed by atoms with Crippen LogP contribution >= 0.6 is 22.7 Å². The maximum absolute atomic E-state index is 12.3. The van der Waals surface area contributed by atoms with Gasteiger partial charge in [-0.25, -0.2) is 0 Å². The van der Waals surface area contributed by atoms with Crippen molar-refractivity contribution in [3.8, 4) is 0 Å². The van der Waals surface area contributed by atoms with Gasteiger partial charge in [-0.2, -0.15) is 0 Å². The number of carbonyl (C=O) groups excluding carboxylic acids is 2. The average Bonchev–Trinajstić information content (AvgIpc) is 3.57. The summed E-state index contributed by atoms with van der Waals surface area (Å²) in [4.78, 5) is 24.6. The lowest BCUT2D eigenvalue weighted by Crippen LogP contribution is -2.03. The molecule has 0 aliphatic rings. The summed E-state index contributed by atoms with van der Waals surface area (Å²) in [5.74, 6) is 0.454. The zero-order chi connectivity index (χ0) is 26.4. The molecule has 2 aromatic carbocycles. The third kappa shape index (κ3) is 9.99. The topological polar surface area (TPSA) is 85.7 Å². The summed E-state index contributed by atoms with van der Waals surface area (Å²) < 4.78 is 0. The number of rotatable bonds is 17. The Morgan fingerprint density at radius 3 is 1.32 bits per heavy atom. The molecule has 0 aliphatic carbocycles. The molecule has 0 N–H and O–H groups in total. The largest absolute Gasteiger partial charge is 0.299 e. The first-order chi connectivity index (χ1) is 18.6. The molecule has 0 amide bonds. The highest BCUT2D eigenvalue weighted by molar-refractivity contribution is 7.11. The van der Waals surface area contributed by atoms with Gasteiger partial charge in [-0.15, -0.1) is 43.1 Å². The van der Waals surface area contributed by atoms with Gasteiger partial charge in [0.2, 0.25) is 0 Å². The number of unbranched alkanes of at least 4 members (excludes halogenated alkanes) is 1. The fourth-order valence-corrected chi connectivity index (χ4v) is 6.09. The number of hydrogen-bond donors (Lipinski definition) is 0. The van der Waals surface area contributed by atoms with Crippen LogP contribution in [0.4, 0.5) is 0 Å². The van der Waals surface area contributed by atoms with E-state index in [1.807, 2.05) is 36.4 Å². The monoisotopic (exact) mass is 546 g/mol. The molecule has 4 rings (SSSR count). The molecule has 0 aliphatic heterocycles. The fraction of sp³-hybridized carbons (Fsp3) is 0.400. The van der Waals surface area contributed by atoms with Gasteiger partial charge in [0.25, 0.3) is 0 Å². The van der Waals surface area contributed by atoms with Crippen molar-refractivity contribution in [1.82, 2.24) is 20.4 Å². The first kappa shape index (κ1) is 27.9. The minimum absolute atomic E-state index is 0.227. The second-order valence-electron chi connectivity index (χ2n) is 9.50. The zero-order valence-corrected chi connectivity index (χ0v) is 23.3. The van der Waals surface area contributed by atoms with E-state index >= 15 is 0 Å². The number of aryl methyl sites for hydroxylation is 4. The Morgan fingerprint density at radius 2 is 0.895 bits per heavy atom. The minimum atomic E-state index is 0.227. The number of Topliss-reactive ketones (excluding diaryl/α,β-unsaturated/α-hetero) is 2. The van der Waals surface area contributed by atoms with Gasteiger partial charge in [-0.1, -0.05) is 60.7 Å². The van der Waals surface area contributed by atoms with Crippen LogP contribution in [-0.2, 0) is 48.1 Å². The molecule has 198 valence electrons. The van der Waals surface area contributed by atoms with E-state index in [1.54, 1.807) is 22.7 Å². The summed E-state index contributed by atoms with van der Waals surface area (Å²) in [6, 6.07) is 20.5. The number of benzene rings is 2. The second kappa shape index (κ2) is 15.3. The van der Waals surface area contributed by atoms with E-state index in [1.165, 1.54) is 11.1 Å². The Balaban J connectivity index is 1.07. The molecule has 2 aromatic heterocycles. The molecule has 8 heteroatoms. The van der Waals surface area contributed by atoms with Crippen molar-refractivity contribution in [2.75, 3.05) is 0 Å². The Kier molecular flexibility index (Phi) is 11.3.